The summed E-state index contributed by atoms with van der Waals surface area (Å²) < 4.78 is 10.2. The molecule has 1 N–H and O–H groups in total. The highest BCUT2D eigenvalue weighted by Gasteiger charge is 2.16. The second-order valence-corrected chi connectivity index (χ2v) is 4.51. The van der Waals surface area contributed by atoms with Gasteiger partial charge in [0.2, 0.25) is 0 Å². The largest absolute Gasteiger partial charge is 0.464 e. The minimum Gasteiger partial charge on any atom is -0.464 e. The number of carbonyl (C=O) groups is 1. The molecule has 4 nitrogen and oxygen atoms in total. The van der Waals surface area contributed by atoms with Gasteiger partial charge in [0.15, 0.2) is 6.10 Å². The van der Waals surface area contributed by atoms with Crippen molar-refractivity contribution in [3.63, 3.8) is 0 Å². The van der Waals surface area contributed by atoms with Crippen LogP contribution in [0.2, 0.25) is 0 Å². The van der Waals surface area contributed by atoms with Crippen LogP contribution in [0.15, 0.2) is 42.5 Å². The molecule has 0 radical (unpaired) electrons. The fraction of sp³-hybridized carbons (Fsp3) is 0.438. The van der Waals surface area contributed by atoms with E-state index in [0.717, 1.165) is 11.1 Å². The van der Waals surface area contributed by atoms with Gasteiger partial charge in [-0.25, -0.2) is 4.79 Å². The quantitative estimate of drug-likeness (QED) is 0.428. The molecule has 20 heavy (non-hydrogen) atoms. The summed E-state index contributed by atoms with van der Waals surface area (Å²) in [4.78, 5) is 11.2. The van der Waals surface area contributed by atoms with Gasteiger partial charge in [0, 0.05) is 6.42 Å². The second-order valence-electron chi connectivity index (χ2n) is 4.51. The molecule has 110 valence electrons. The average molecular weight is 278 g/mol. The van der Waals surface area contributed by atoms with Crippen molar-refractivity contribution in [3.8, 4) is 0 Å². The smallest absolute Gasteiger partial charge is 0.335 e. The minimum absolute atomic E-state index is 0.216. The zero-order valence-electron chi connectivity index (χ0n) is 11.9. The van der Waals surface area contributed by atoms with Crippen molar-refractivity contribution < 1.29 is 19.4 Å². The first kappa shape index (κ1) is 16.4. The Morgan fingerprint density at radius 3 is 2.70 bits per heavy atom. The van der Waals surface area contributed by atoms with E-state index in [1.807, 2.05) is 30.3 Å². The van der Waals surface area contributed by atoms with E-state index in [1.54, 1.807) is 6.92 Å². The molecule has 0 aliphatic carbocycles. The third-order valence-electron chi connectivity index (χ3n) is 2.75. The lowest BCUT2D eigenvalue weighted by Gasteiger charge is -2.11. The SMILES string of the molecule is C=C(CCOCc1ccccc1)CC(O)C(=O)OCC. The molecular formula is C16H22O4. The molecule has 0 saturated carbocycles. The van der Waals surface area contributed by atoms with Gasteiger partial charge in [-0.15, -0.1) is 0 Å². The van der Waals surface area contributed by atoms with Crippen LogP contribution in [0.5, 0.6) is 0 Å². The van der Waals surface area contributed by atoms with E-state index in [0.29, 0.717) is 19.6 Å². The zero-order chi connectivity index (χ0) is 14.8. The summed E-state index contributed by atoms with van der Waals surface area (Å²) in [6, 6.07) is 9.89. The van der Waals surface area contributed by atoms with Crippen molar-refractivity contribution in [1.29, 1.82) is 0 Å². The van der Waals surface area contributed by atoms with Crippen LogP contribution >= 0.6 is 0 Å². The van der Waals surface area contributed by atoms with Gasteiger partial charge in [-0.05, 0) is 18.9 Å². The Bertz CT molecular complexity index is 414. The van der Waals surface area contributed by atoms with Crippen LogP contribution in [0.25, 0.3) is 0 Å². The predicted octanol–water partition coefficient (Wildman–Crippen LogP) is 2.46. The van der Waals surface area contributed by atoms with Gasteiger partial charge in [0.05, 0.1) is 19.8 Å². The monoisotopic (exact) mass is 278 g/mol. The fourth-order valence-corrected chi connectivity index (χ4v) is 1.68. The molecule has 0 aliphatic rings. The lowest BCUT2D eigenvalue weighted by Crippen LogP contribution is -2.23. The van der Waals surface area contributed by atoms with Crippen LogP contribution < -0.4 is 0 Å². The number of benzene rings is 1. The Balaban J connectivity index is 2.15. The van der Waals surface area contributed by atoms with Crippen molar-refractivity contribution in [2.75, 3.05) is 13.2 Å². The summed E-state index contributed by atoms with van der Waals surface area (Å²) >= 11 is 0. The Labute approximate surface area is 120 Å². The van der Waals surface area contributed by atoms with Crippen molar-refractivity contribution >= 4 is 5.97 Å². The zero-order valence-corrected chi connectivity index (χ0v) is 11.9. The third-order valence-corrected chi connectivity index (χ3v) is 2.75. The molecule has 1 unspecified atom stereocenters. The van der Waals surface area contributed by atoms with Gasteiger partial charge in [-0.3, -0.25) is 0 Å². The van der Waals surface area contributed by atoms with Gasteiger partial charge in [-0.1, -0.05) is 42.5 Å². The lowest BCUT2D eigenvalue weighted by atomic mass is 10.1. The number of carbonyl (C=O) groups excluding carboxylic acids is 1. The van der Waals surface area contributed by atoms with Gasteiger partial charge >= 0.3 is 5.97 Å². The summed E-state index contributed by atoms with van der Waals surface area (Å²) in [5.41, 5.74) is 1.89. The number of hydrogen-bond donors (Lipinski definition) is 1. The highest BCUT2D eigenvalue weighted by Crippen LogP contribution is 2.10. The molecule has 0 spiro atoms. The molecule has 0 aromatic heterocycles. The standard InChI is InChI=1S/C16H22O4/c1-3-20-16(18)15(17)11-13(2)9-10-19-12-14-7-5-4-6-8-14/h4-8,15,17H,2-3,9-12H2,1H3. The molecule has 1 aromatic rings. The van der Waals surface area contributed by atoms with E-state index in [-0.39, 0.29) is 13.0 Å². The van der Waals surface area contributed by atoms with Gasteiger partial charge in [0.1, 0.15) is 0 Å². The van der Waals surface area contributed by atoms with E-state index in [2.05, 4.69) is 6.58 Å². The summed E-state index contributed by atoms with van der Waals surface area (Å²) in [6.07, 6.45) is -0.298. The van der Waals surface area contributed by atoms with Crippen LogP contribution in [0.1, 0.15) is 25.3 Å². The molecule has 0 fully saturated rings. The Kier molecular flexibility index (Phi) is 7.62. The van der Waals surface area contributed by atoms with E-state index >= 15 is 0 Å². The minimum atomic E-state index is -1.13. The maximum atomic E-state index is 11.2. The molecule has 0 bridgehead atoms. The predicted molar refractivity (Wildman–Crippen MR) is 77.1 cm³/mol. The average Bonchev–Trinajstić information content (AvgIpc) is 2.45. The fourth-order valence-electron chi connectivity index (χ4n) is 1.68. The molecule has 0 heterocycles. The summed E-state index contributed by atoms with van der Waals surface area (Å²) in [5, 5.41) is 9.58. The number of aliphatic hydroxyl groups excluding tert-OH is 1. The molecule has 1 atom stereocenters. The number of hydrogen-bond acceptors (Lipinski definition) is 4. The molecule has 1 aromatic carbocycles. The van der Waals surface area contributed by atoms with Crippen LogP contribution in [-0.2, 0) is 20.9 Å². The van der Waals surface area contributed by atoms with Crippen LogP contribution in [0.4, 0.5) is 0 Å². The van der Waals surface area contributed by atoms with E-state index in [4.69, 9.17) is 9.47 Å². The van der Waals surface area contributed by atoms with Gasteiger partial charge in [0.25, 0.3) is 0 Å². The molecule has 0 amide bonds. The van der Waals surface area contributed by atoms with E-state index in [9.17, 15) is 9.90 Å². The number of esters is 1. The van der Waals surface area contributed by atoms with Crippen molar-refractivity contribution in [3.05, 3.63) is 48.0 Å². The van der Waals surface area contributed by atoms with Gasteiger partial charge < -0.3 is 14.6 Å². The van der Waals surface area contributed by atoms with Crippen LogP contribution in [-0.4, -0.2) is 30.4 Å². The highest BCUT2D eigenvalue weighted by molar-refractivity contribution is 5.74. The molecule has 1 rings (SSSR count). The Morgan fingerprint density at radius 2 is 2.05 bits per heavy atom. The number of rotatable bonds is 9. The number of aliphatic hydroxyl groups is 1. The highest BCUT2D eigenvalue weighted by atomic mass is 16.5. The Hall–Kier alpha value is -1.65. The normalized spacial score (nSPS) is 11.9. The molecular weight excluding hydrogens is 256 g/mol. The lowest BCUT2D eigenvalue weighted by molar-refractivity contribution is -0.152. The first-order valence-electron chi connectivity index (χ1n) is 6.76. The van der Waals surface area contributed by atoms with Gasteiger partial charge in [-0.2, -0.15) is 0 Å². The summed E-state index contributed by atoms with van der Waals surface area (Å²) in [5.74, 6) is -0.598. The first-order chi connectivity index (χ1) is 9.63. The first-order valence-corrected chi connectivity index (χ1v) is 6.76. The van der Waals surface area contributed by atoms with Crippen LogP contribution in [0.3, 0.4) is 0 Å². The van der Waals surface area contributed by atoms with E-state index < -0.39 is 12.1 Å². The topological polar surface area (TPSA) is 55.8 Å². The Morgan fingerprint density at radius 1 is 1.35 bits per heavy atom. The second kappa shape index (κ2) is 9.28. The van der Waals surface area contributed by atoms with Crippen LogP contribution in [0, 0.1) is 0 Å². The van der Waals surface area contributed by atoms with E-state index in [1.165, 1.54) is 0 Å². The maximum absolute atomic E-state index is 11.2. The van der Waals surface area contributed by atoms with Crippen molar-refractivity contribution in [1.82, 2.24) is 0 Å². The number of ether oxygens (including phenoxy) is 2. The maximum Gasteiger partial charge on any atom is 0.335 e. The van der Waals surface area contributed by atoms with Crippen molar-refractivity contribution in [2.45, 2.75) is 32.5 Å². The molecule has 4 heteroatoms. The third kappa shape index (κ3) is 6.50. The summed E-state index contributed by atoms with van der Waals surface area (Å²) in [6.45, 7) is 6.87. The van der Waals surface area contributed by atoms with Crippen molar-refractivity contribution in [2.24, 2.45) is 0 Å². The molecule has 0 aliphatic heterocycles. The molecule has 0 saturated heterocycles. The summed E-state index contributed by atoms with van der Waals surface area (Å²) in [7, 11) is 0.